The highest BCUT2D eigenvalue weighted by Gasteiger charge is 2.23. The third-order valence-corrected chi connectivity index (χ3v) is 5.51. The Balaban J connectivity index is 1.72. The van der Waals surface area contributed by atoms with Gasteiger partial charge in [0.15, 0.2) is 0 Å². The molecule has 5 heteroatoms. The van der Waals surface area contributed by atoms with Crippen molar-refractivity contribution in [1.82, 2.24) is 15.4 Å². The number of hydrogen-bond acceptors (Lipinski definition) is 4. The van der Waals surface area contributed by atoms with Crippen molar-refractivity contribution in [3.63, 3.8) is 0 Å². The molecular formula is C23H24N4O. The van der Waals surface area contributed by atoms with E-state index in [-0.39, 0.29) is 5.91 Å². The van der Waals surface area contributed by atoms with E-state index < -0.39 is 0 Å². The molecule has 4 rings (SSSR count). The predicted molar refractivity (Wildman–Crippen MR) is 112 cm³/mol. The molecular weight excluding hydrogens is 348 g/mol. The molecule has 1 aliphatic carbocycles. The summed E-state index contributed by atoms with van der Waals surface area (Å²) >= 11 is 0. The number of pyridine rings is 2. The molecule has 2 atom stereocenters. The van der Waals surface area contributed by atoms with Crippen molar-refractivity contribution in [3.05, 3.63) is 60.4 Å². The zero-order chi connectivity index (χ0) is 19.5. The van der Waals surface area contributed by atoms with Crippen molar-refractivity contribution in [2.24, 2.45) is 16.9 Å². The van der Waals surface area contributed by atoms with Crippen molar-refractivity contribution >= 4 is 22.5 Å². The Labute approximate surface area is 164 Å². The van der Waals surface area contributed by atoms with Gasteiger partial charge in [-0.1, -0.05) is 38.5 Å². The van der Waals surface area contributed by atoms with Gasteiger partial charge >= 0.3 is 0 Å². The van der Waals surface area contributed by atoms with E-state index in [1.54, 1.807) is 12.4 Å². The van der Waals surface area contributed by atoms with Gasteiger partial charge in [-0.25, -0.2) is 10.4 Å². The lowest BCUT2D eigenvalue weighted by Gasteiger charge is -2.26. The maximum absolute atomic E-state index is 13.0. The largest absolute Gasteiger partial charge is 0.272 e. The molecule has 0 saturated heterocycles. The van der Waals surface area contributed by atoms with Gasteiger partial charge in [0.2, 0.25) is 0 Å². The highest BCUT2D eigenvalue weighted by atomic mass is 16.2. The number of hydrazone groups is 1. The number of carbonyl (C=O) groups excluding carboxylic acids is 1. The summed E-state index contributed by atoms with van der Waals surface area (Å²) in [4.78, 5) is 21.8. The van der Waals surface area contributed by atoms with E-state index in [0.717, 1.165) is 40.7 Å². The number of nitrogens with one attached hydrogen (secondary N) is 1. The van der Waals surface area contributed by atoms with Crippen molar-refractivity contribution in [2.75, 3.05) is 0 Å². The molecule has 2 aromatic heterocycles. The normalized spacial score (nSPS) is 19.4. The number of amides is 1. The highest BCUT2D eigenvalue weighted by Crippen LogP contribution is 2.27. The molecule has 0 bridgehead atoms. The summed E-state index contributed by atoms with van der Waals surface area (Å²) in [7, 11) is 0. The lowest BCUT2D eigenvalue weighted by Crippen LogP contribution is -2.29. The van der Waals surface area contributed by atoms with Crippen molar-refractivity contribution < 1.29 is 4.79 Å². The van der Waals surface area contributed by atoms with E-state index in [9.17, 15) is 4.79 Å². The summed E-state index contributed by atoms with van der Waals surface area (Å²) in [6, 6.07) is 13.3. The summed E-state index contributed by atoms with van der Waals surface area (Å²) in [5.74, 6) is 0.614. The van der Waals surface area contributed by atoms with Gasteiger partial charge in [-0.05, 0) is 48.9 Å². The quantitative estimate of drug-likeness (QED) is 0.669. The Bertz CT molecular complexity index is 1020. The number of nitrogens with zero attached hydrogens (tertiary/aromatic N) is 3. The monoisotopic (exact) mass is 372 g/mol. The molecule has 0 spiro atoms. The van der Waals surface area contributed by atoms with E-state index in [0.29, 0.717) is 17.4 Å². The van der Waals surface area contributed by atoms with Crippen molar-refractivity contribution in [2.45, 2.75) is 33.1 Å². The standard InChI is InChI=1S/C23H24N4O/c1-15-6-5-7-16(2)22(15)26-27-23(28)19-14-21(17-10-12-24-13-11-17)25-20-9-4-3-8-18(19)20/h3-4,8-16H,5-7H2,1-2H3,(H,27,28)/t15-,16-/m0/s1. The Hall–Kier alpha value is -3.08. The fourth-order valence-corrected chi connectivity index (χ4v) is 3.94. The van der Waals surface area contributed by atoms with Crippen LogP contribution < -0.4 is 5.43 Å². The first-order chi connectivity index (χ1) is 13.6. The summed E-state index contributed by atoms with van der Waals surface area (Å²) in [5, 5.41) is 5.34. The van der Waals surface area contributed by atoms with E-state index >= 15 is 0 Å². The molecule has 0 radical (unpaired) electrons. The van der Waals surface area contributed by atoms with Crippen LogP contribution in [0.3, 0.4) is 0 Å². The average Bonchev–Trinajstić information content (AvgIpc) is 2.73. The second-order valence-corrected chi connectivity index (χ2v) is 7.52. The van der Waals surface area contributed by atoms with Crippen molar-refractivity contribution in [1.29, 1.82) is 0 Å². The zero-order valence-corrected chi connectivity index (χ0v) is 16.2. The Morgan fingerprint density at radius 3 is 2.54 bits per heavy atom. The molecule has 1 aliphatic rings. The van der Waals surface area contributed by atoms with E-state index in [1.807, 2.05) is 42.5 Å². The number of aromatic nitrogens is 2. The Kier molecular flexibility index (Phi) is 5.15. The smallest absolute Gasteiger partial charge is 0.267 e. The Morgan fingerprint density at radius 2 is 1.79 bits per heavy atom. The van der Waals surface area contributed by atoms with Gasteiger partial charge < -0.3 is 0 Å². The predicted octanol–water partition coefficient (Wildman–Crippen LogP) is 4.84. The van der Waals surface area contributed by atoms with Gasteiger partial charge in [-0.3, -0.25) is 9.78 Å². The minimum absolute atomic E-state index is 0.202. The van der Waals surface area contributed by atoms with Crippen LogP contribution in [0, 0.1) is 11.8 Å². The van der Waals surface area contributed by atoms with E-state index in [4.69, 9.17) is 4.98 Å². The first-order valence-corrected chi connectivity index (χ1v) is 9.81. The van der Waals surface area contributed by atoms with Crippen LogP contribution in [0.2, 0.25) is 0 Å². The maximum Gasteiger partial charge on any atom is 0.272 e. The molecule has 1 fully saturated rings. The van der Waals surface area contributed by atoms with E-state index in [1.165, 1.54) is 6.42 Å². The molecule has 28 heavy (non-hydrogen) atoms. The van der Waals surface area contributed by atoms with Crippen LogP contribution >= 0.6 is 0 Å². The average molecular weight is 372 g/mol. The summed E-state index contributed by atoms with van der Waals surface area (Å²) < 4.78 is 0. The summed E-state index contributed by atoms with van der Waals surface area (Å²) in [6.45, 7) is 4.37. The third-order valence-electron chi connectivity index (χ3n) is 5.51. The molecule has 1 saturated carbocycles. The fraction of sp³-hybridized carbons (Fsp3) is 0.304. The van der Waals surface area contributed by atoms with Gasteiger partial charge in [-0.15, -0.1) is 0 Å². The molecule has 1 amide bonds. The number of rotatable bonds is 3. The number of carbonyl (C=O) groups is 1. The maximum atomic E-state index is 13.0. The second kappa shape index (κ2) is 7.89. The molecule has 1 N–H and O–H groups in total. The number of benzene rings is 1. The highest BCUT2D eigenvalue weighted by molar-refractivity contribution is 6.07. The molecule has 5 nitrogen and oxygen atoms in total. The van der Waals surface area contributed by atoms with Crippen LogP contribution in [0.25, 0.3) is 22.2 Å². The van der Waals surface area contributed by atoms with Crippen LogP contribution in [0.15, 0.2) is 60.0 Å². The van der Waals surface area contributed by atoms with Crippen LogP contribution in [0.1, 0.15) is 43.5 Å². The van der Waals surface area contributed by atoms with Crippen LogP contribution in [-0.2, 0) is 0 Å². The van der Waals surface area contributed by atoms with Gasteiger partial charge in [-0.2, -0.15) is 5.10 Å². The topological polar surface area (TPSA) is 67.2 Å². The SMILES string of the molecule is C[C@H]1CCC[C@H](C)C1=NNC(=O)c1cc(-c2ccncc2)nc2ccccc12. The van der Waals surface area contributed by atoms with Crippen LogP contribution in [0.5, 0.6) is 0 Å². The molecule has 1 aromatic carbocycles. The minimum atomic E-state index is -0.202. The first kappa shape index (κ1) is 18.3. The number of fused-ring (bicyclic) bond motifs is 1. The van der Waals surface area contributed by atoms with Gasteiger partial charge in [0.25, 0.3) is 5.91 Å². The van der Waals surface area contributed by atoms with Gasteiger partial charge in [0.05, 0.1) is 16.8 Å². The van der Waals surface area contributed by atoms with Gasteiger partial charge in [0.1, 0.15) is 0 Å². The zero-order valence-electron chi connectivity index (χ0n) is 16.2. The van der Waals surface area contributed by atoms with Crippen LogP contribution in [0.4, 0.5) is 0 Å². The molecule has 142 valence electrons. The summed E-state index contributed by atoms with van der Waals surface area (Å²) in [6.07, 6.45) is 6.93. The molecule has 3 aromatic rings. The third kappa shape index (κ3) is 3.65. The minimum Gasteiger partial charge on any atom is -0.267 e. The Morgan fingerprint density at radius 1 is 1.07 bits per heavy atom. The lowest BCUT2D eigenvalue weighted by molar-refractivity contribution is 0.0956. The van der Waals surface area contributed by atoms with Crippen molar-refractivity contribution in [3.8, 4) is 11.3 Å². The summed E-state index contributed by atoms with van der Waals surface area (Å²) in [5.41, 5.74) is 6.94. The van der Waals surface area contributed by atoms with Gasteiger partial charge in [0, 0.05) is 29.1 Å². The fourth-order valence-electron chi connectivity index (χ4n) is 3.94. The van der Waals surface area contributed by atoms with E-state index in [2.05, 4.69) is 29.4 Å². The molecule has 0 unspecified atom stereocenters. The number of para-hydroxylation sites is 1. The lowest BCUT2D eigenvalue weighted by atomic mass is 9.81. The first-order valence-electron chi connectivity index (χ1n) is 9.81. The van der Waals surface area contributed by atoms with Crippen LogP contribution in [-0.4, -0.2) is 21.6 Å². The number of hydrogen-bond donors (Lipinski definition) is 1. The molecule has 2 heterocycles. The second-order valence-electron chi connectivity index (χ2n) is 7.52. The molecule has 0 aliphatic heterocycles.